The topological polar surface area (TPSA) is 82.1 Å². The minimum atomic E-state index is -1.25. The number of aromatic carboxylic acids is 1. The molecule has 0 radical (unpaired) electrons. The van der Waals surface area contributed by atoms with Crippen LogP contribution in [-0.2, 0) is 0 Å². The van der Waals surface area contributed by atoms with Crippen LogP contribution >= 0.6 is 0 Å². The molecular formula is C13H16O6. The van der Waals surface area contributed by atoms with E-state index in [1.165, 1.54) is 27.4 Å². The Bertz CT molecular complexity index is 506. The van der Waals surface area contributed by atoms with Gasteiger partial charge in [0, 0.05) is 12.0 Å². The Kier molecular flexibility index (Phi) is 4.74. The summed E-state index contributed by atoms with van der Waals surface area (Å²) in [5.41, 5.74) is -0.170. The molecule has 104 valence electrons. The minimum Gasteiger partial charge on any atom is -0.493 e. The summed E-state index contributed by atoms with van der Waals surface area (Å²) >= 11 is 0. The summed E-state index contributed by atoms with van der Waals surface area (Å²) in [6, 6.07) is 1.36. The Morgan fingerprint density at radius 2 is 1.68 bits per heavy atom. The van der Waals surface area contributed by atoms with E-state index in [9.17, 15) is 14.7 Å². The van der Waals surface area contributed by atoms with Crippen molar-refractivity contribution in [3.05, 3.63) is 17.2 Å². The number of methoxy groups -OCH3 is 3. The minimum absolute atomic E-state index is 0.0221. The molecule has 0 amide bonds. The SMILES string of the molecule is CCC(=O)c1cc(OC)c(OC)c(OC)c1C(=O)O. The van der Waals surface area contributed by atoms with Crippen LogP contribution in [0.5, 0.6) is 17.2 Å². The van der Waals surface area contributed by atoms with Crippen LogP contribution in [-0.4, -0.2) is 38.2 Å². The lowest BCUT2D eigenvalue weighted by Gasteiger charge is -2.16. The van der Waals surface area contributed by atoms with Crippen molar-refractivity contribution in [2.75, 3.05) is 21.3 Å². The number of carbonyl (C=O) groups is 2. The molecule has 1 N–H and O–H groups in total. The zero-order chi connectivity index (χ0) is 14.6. The van der Waals surface area contributed by atoms with Gasteiger partial charge in [0.15, 0.2) is 17.3 Å². The number of carboxylic acid groups (broad SMARTS) is 1. The van der Waals surface area contributed by atoms with Crippen LogP contribution in [0.1, 0.15) is 34.1 Å². The first kappa shape index (κ1) is 14.8. The highest BCUT2D eigenvalue weighted by molar-refractivity contribution is 6.08. The first-order valence-corrected chi connectivity index (χ1v) is 5.61. The van der Waals surface area contributed by atoms with Gasteiger partial charge in [-0.2, -0.15) is 0 Å². The fourth-order valence-corrected chi connectivity index (χ4v) is 1.78. The molecule has 0 aliphatic heterocycles. The molecule has 6 nitrogen and oxygen atoms in total. The van der Waals surface area contributed by atoms with E-state index in [0.29, 0.717) is 0 Å². The van der Waals surface area contributed by atoms with Crippen LogP contribution in [0.2, 0.25) is 0 Å². The molecule has 0 atom stereocenters. The highest BCUT2D eigenvalue weighted by atomic mass is 16.5. The van der Waals surface area contributed by atoms with Gasteiger partial charge in [0.1, 0.15) is 5.56 Å². The van der Waals surface area contributed by atoms with Crippen molar-refractivity contribution in [1.82, 2.24) is 0 Å². The molecule has 0 saturated carbocycles. The summed E-state index contributed by atoms with van der Waals surface area (Å²) < 4.78 is 15.3. The number of carbonyl (C=O) groups excluding carboxylic acids is 1. The standard InChI is InChI=1S/C13H16O6/c1-5-8(14)7-6-9(17-2)11(18-3)12(19-4)10(7)13(15)16/h6H,5H2,1-4H3,(H,15,16). The predicted octanol–water partition coefficient (Wildman–Crippen LogP) is 2.00. The quantitative estimate of drug-likeness (QED) is 0.795. The first-order chi connectivity index (χ1) is 9.01. The Morgan fingerprint density at radius 1 is 1.11 bits per heavy atom. The number of Topliss-reactive ketones (excluding diaryl/α,β-unsaturated/α-hetero) is 1. The Balaban J connectivity index is 3.72. The molecule has 0 aromatic heterocycles. The maximum atomic E-state index is 11.9. The van der Waals surface area contributed by atoms with E-state index in [2.05, 4.69) is 0 Å². The molecule has 0 heterocycles. The second-order valence-corrected chi connectivity index (χ2v) is 3.65. The monoisotopic (exact) mass is 268 g/mol. The van der Waals surface area contributed by atoms with Gasteiger partial charge in [0.25, 0.3) is 0 Å². The largest absolute Gasteiger partial charge is 0.493 e. The third-order valence-corrected chi connectivity index (χ3v) is 2.67. The number of ether oxygens (including phenoxy) is 3. The molecule has 0 aliphatic rings. The van der Waals surface area contributed by atoms with Crippen molar-refractivity contribution >= 4 is 11.8 Å². The molecular weight excluding hydrogens is 252 g/mol. The summed E-state index contributed by atoms with van der Waals surface area (Å²) in [4.78, 5) is 23.2. The second kappa shape index (κ2) is 6.08. The van der Waals surface area contributed by atoms with Gasteiger partial charge in [-0.3, -0.25) is 4.79 Å². The van der Waals surface area contributed by atoms with Gasteiger partial charge >= 0.3 is 5.97 Å². The normalized spacial score (nSPS) is 9.89. The molecule has 1 aromatic carbocycles. The number of rotatable bonds is 6. The number of benzene rings is 1. The summed E-state index contributed by atoms with van der Waals surface area (Å²) in [5.74, 6) is -1.19. The summed E-state index contributed by atoms with van der Waals surface area (Å²) in [6.45, 7) is 1.65. The van der Waals surface area contributed by atoms with Gasteiger partial charge in [-0.25, -0.2) is 4.79 Å². The number of ketones is 1. The van der Waals surface area contributed by atoms with Gasteiger partial charge in [0.05, 0.1) is 21.3 Å². The smallest absolute Gasteiger partial charge is 0.340 e. The van der Waals surface area contributed by atoms with Crippen LogP contribution in [0.25, 0.3) is 0 Å². The van der Waals surface area contributed by atoms with Gasteiger partial charge in [0.2, 0.25) is 5.75 Å². The van der Waals surface area contributed by atoms with Crippen LogP contribution in [0.3, 0.4) is 0 Å². The number of hydrogen-bond acceptors (Lipinski definition) is 5. The molecule has 0 saturated heterocycles. The predicted molar refractivity (Wildman–Crippen MR) is 67.7 cm³/mol. The van der Waals surface area contributed by atoms with Crippen LogP contribution in [0, 0.1) is 0 Å². The molecule has 0 fully saturated rings. The van der Waals surface area contributed by atoms with Crippen molar-refractivity contribution in [3.63, 3.8) is 0 Å². The van der Waals surface area contributed by atoms with E-state index in [0.717, 1.165) is 0 Å². The molecule has 0 bridgehead atoms. The second-order valence-electron chi connectivity index (χ2n) is 3.65. The van der Waals surface area contributed by atoms with Crippen LogP contribution < -0.4 is 14.2 Å². The van der Waals surface area contributed by atoms with E-state index >= 15 is 0 Å². The molecule has 0 aliphatic carbocycles. The number of carboxylic acids is 1. The van der Waals surface area contributed by atoms with E-state index in [-0.39, 0.29) is 40.6 Å². The van der Waals surface area contributed by atoms with E-state index in [1.807, 2.05) is 0 Å². The van der Waals surface area contributed by atoms with Crippen molar-refractivity contribution in [1.29, 1.82) is 0 Å². The number of hydrogen-bond donors (Lipinski definition) is 1. The van der Waals surface area contributed by atoms with Gasteiger partial charge in [-0.1, -0.05) is 6.92 Å². The first-order valence-electron chi connectivity index (χ1n) is 5.61. The average molecular weight is 268 g/mol. The third-order valence-electron chi connectivity index (χ3n) is 2.67. The lowest BCUT2D eigenvalue weighted by atomic mass is 9.99. The lowest BCUT2D eigenvalue weighted by Crippen LogP contribution is -2.12. The van der Waals surface area contributed by atoms with E-state index < -0.39 is 5.97 Å². The molecule has 1 rings (SSSR count). The van der Waals surface area contributed by atoms with Crippen molar-refractivity contribution in [3.8, 4) is 17.2 Å². The highest BCUT2D eigenvalue weighted by Crippen LogP contribution is 2.42. The van der Waals surface area contributed by atoms with Gasteiger partial charge in [-0.15, -0.1) is 0 Å². The molecule has 6 heteroatoms. The molecule has 1 aromatic rings. The Hall–Kier alpha value is -2.24. The van der Waals surface area contributed by atoms with Crippen molar-refractivity contribution in [2.24, 2.45) is 0 Å². The van der Waals surface area contributed by atoms with Gasteiger partial charge in [-0.05, 0) is 6.07 Å². The molecule has 19 heavy (non-hydrogen) atoms. The highest BCUT2D eigenvalue weighted by Gasteiger charge is 2.27. The van der Waals surface area contributed by atoms with Crippen molar-refractivity contribution < 1.29 is 28.9 Å². The van der Waals surface area contributed by atoms with Crippen LogP contribution in [0.15, 0.2) is 6.07 Å². The van der Waals surface area contributed by atoms with Crippen molar-refractivity contribution in [2.45, 2.75) is 13.3 Å². The molecule has 0 spiro atoms. The third kappa shape index (κ3) is 2.62. The van der Waals surface area contributed by atoms with Crippen LogP contribution in [0.4, 0.5) is 0 Å². The summed E-state index contributed by atoms with van der Waals surface area (Å²) in [7, 11) is 4.08. The molecule has 0 unspecified atom stereocenters. The Labute approximate surface area is 110 Å². The zero-order valence-corrected chi connectivity index (χ0v) is 11.3. The maximum Gasteiger partial charge on any atom is 0.340 e. The summed E-state index contributed by atoms with van der Waals surface area (Å²) in [5, 5.41) is 9.28. The summed E-state index contributed by atoms with van der Waals surface area (Å²) in [6.07, 6.45) is 0.179. The fourth-order valence-electron chi connectivity index (χ4n) is 1.78. The lowest BCUT2D eigenvalue weighted by molar-refractivity contribution is 0.0687. The zero-order valence-electron chi connectivity index (χ0n) is 11.3. The average Bonchev–Trinajstić information content (AvgIpc) is 2.43. The maximum absolute atomic E-state index is 11.9. The Morgan fingerprint density at radius 3 is 2.05 bits per heavy atom. The van der Waals surface area contributed by atoms with Gasteiger partial charge < -0.3 is 19.3 Å². The van der Waals surface area contributed by atoms with E-state index in [1.54, 1.807) is 6.92 Å². The fraction of sp³-hybridized carbons (Fsp3) is 0.385. The van der Waals surface area contributed by atoms with E-state index in [4.69, 9.17) is 14.2 Å².